The fourth-order valence-electron chi connectivity index (χ4n) is 8.84. The highest BCUT2D eigenvalue weighted by atomic mass is 16.7. The molecule has 7 rings (SSSR count). The zero-order valence-electron chi connectivity index (χ0n) is 32.4. The van der Waals surface area contributed by atoms with Gasteiger partial charge >= 0.3 is 6.09 Å². The van der Waals surface area contributed by atoms with Crippen LogP contribution in [0.3, 0.4) is 0 Å². The van der Waals surface area contributed by atoms with Gasteiger partial charge in [-0.05, 0) is 80.3 Å². The number of likely N-dealkylation sites (tertiary alicyclic amines) is 3. The van der Waals surface area contributed by atoms with Crippen molar-refractivity contribution in [3.63, 3.8) is 0 Å². The van der Waals surface area contributed by atoms with Crippen molar-refractivity contribution in [3.05, 3.63) is 59.2 Å². The van der Waals surface area contributed by atoms with Crippen LogP contribution in [-0.4, -0.2) is 160 Å². The summed E-state index contributed by atoms with van der Waals surface area (Å²) in [4.78, 5) is 45.7. The van der Waals surface area contributed by atoms with E-state index in [4.69, 9.17) is 19.9 Å². The number of ether oxygens (including phenoxy) is 3. The van der Waals surface area contributed by atoms with Crippen molar-refractivity contribution in [1.29, 1.82) is 0 Å². The van der Waals surface area contributed by atoms with Crippen LogP contribution < -0.4 is 16.4 Å². The van der Waals surface area contributed by atoms with Gasteiger partial charge in [0.15, 0.2) is 12.4 Å². The summed E-state index contributed by atoms with van der Waals surface area (Å²) in [6, 6.07) is 14.0. The average Bonchev–Trinajstić information content (AvgIpc) is 3.61. The Bertz CT molecular complexity index is 1690. The summed E-state index contributed by atoms with van der Waals surface area (Å²) in [5.74, 6) is -0.295. The fraction of sp³-hybridized carbons (Fsp3) is 0.634. The fourth-order valence-corrected chi connectivity index (χ4v) is 8.84. The molecule has 2 aromatic carbocycles. The number of amides is 3. The molecule has 4 saturated heterocycles. The largest absolute Gasteiger partial charge is 0.436 e. The number of nitrogens with zero attached hydrogens (tertiary/aromatic N) is 3. The lowest BCUT2D eigenvalue weighted by atomic mass is 9.97. The minimum atomic E-state index is -1.48. The van der Waals surface area contributed by atoms with E-state index >= 15 is 0 Å². The summed E-state index contributed by atoms with van der Waals surface area (Å²) in [7, 11) is 0. The van der Waals surface area contributed by atoms with Gasteiger partial charge < -0.3 is 65.7 Å². The third-order valence-corrected chi connectivity index (χ3v) is 12.3. The van der Waals surface area contributed by atoms with Gasteiger partial charge in [0, 0.05) is 69.1 Å². The number of nitrogens with two attached hydrogens (primary N) is 1. The summed E-state index contributed by atoms with van der Waals surface area (Å²) in [5, 5.41) is 46.6. The van der Waals surface area contributed by atoms with E-state index in [1.807, 2.05) is 42.5 Å². The maximum atomic E-state index is 14.2. The van der Waals surface area contributed by atoms with Crippen molar-refractivity contribution in [3.8, 4) is 0 Å². The van der Waals surface area contributed by atoms with E-state index in [1.54, 1.807) is 9.80 Å². The molecule has 6 atom stereocenters. The Morgan fingerprint density at radius 2 is 1.63 bits per heavy atom. The molecule has 0 saturated carbocycles. The third-order valence-electron chi connectivity index (χ3n) is 12.3. The van der Waals surface area contributed by atoms with Gasteiger partial charge in [-0.1, -0.05) is 30.3 Å². The smallest absolute Gasteiger partial charge is 0.410 e. The number of hydrogen-bond acceptors (Lipinski definition) is 13. The van der Waals surface area contributed by atoms with Crippen LogP contribution in [0.1, 0.15) is 55.2 Å². The molecule has 0 bridgehead atoms. The van der Waals surface area contributed by atoms with Gasteiger partial charge in [-0.25, -0.2) is 4.79 Å². The van der Waals surface area contributed by atoms with Gasteiger partial charge in [-0.3, -0.25) is 9.59 Å². The number of carbonyl (C=O) groups excluding carboxylic acids is 3. The molecular formula is C41H58N6O10. The van der Waals surface area contributed by atoms with Crippen molar-refractivity contribution in [1.82, 2.24) is 20.0 Å². The maximum Gasteiger partial charge on any atom is 0.410 e. The standard InChI is InChI=1S/C41H58N6O10/c42-31-4-2-1-3-26(31)7-14-43-28-8-15-47(16-9-28)41(54)57-33(22-25-5-6-32-27(21-25)23-35(49)44-32)39(53)46-17-10-29(11-18-46)45-19-12-30(13-20-45)55-40-38(52)37(51)36(50)34(24-48)56-40/h1-6,21,28-30,33-34,36-38,40,43,48,50-52H,7-20,22-24,42H2,(H,44,49)/t33-,34?,36-,37?,38?,40+/m1/s1. The highest BCUT2D eigenvalue weighted by molar-refractivity contribution is 5.99. The predicted octanol–water partition coefficient (Wildman–Crippen LogP) is 0.380. The van der Waals surface area contributed by atoms with Gasteiger partial charge in [0.1, 0.15) is 24.4 Å². The summed E-state index contributed by atoms with van der Waals surface area (Å²) in [6.45, 7) is 3.85. The number of nitrogen functional groups attached to an aromatic ring is 1. The van der Waals surface area contributed by atoms with Crippen LogP contribution in [0.2, 0.25) is 0 Å². The van der Waals surface area contributed by atoms with Gasteiger partial charge in [0.05, 0.1) is 19.1 Å². The molecule has 3 amide bonds. The van der Waals surface area contributed by atoms with Crippen molar-refractivity contribution < 1.29 is 49.0 Å². The second kappa shape index (κ2) is 18.8. The minimum absolute atomic E-state index is 0.0725. The van der Waals surface area contributed by atoms with E-state index in [9.17, 15) is 34.8 Å². The maximum absolute atomic E-state index is 14.2. The second-order valence-corrected chi connectivity index (χ2v) is 16.1. The number of nitrogens with one attached hydrogen (secondary N) is 2. The van der Waals surface area contributed by atoms with E-state index in [2.05, 4.69) is 15.5 Å². The predicted molar refractivity (Wildman–Crippen MR) is 209 cm³/mol. The molecule has 3 unspecified atom stereocenters. The van der Waals surface area contributed by atoms with Gasteiger partial charge in [-0.2, -0.15) is 0 Å². The Morgan fingerprint density at radius 3 is 2.35 bits per heavy atom. The molecule has 5 aliphatic rings. The lowest BCUT2D eigenvalue weighted by Gasteiger charge is -2.44. The molecule has 5 heterocycles. The first-order valence-corrected chi connectivity index (χ1v) is 20.5. The van der Waals surface area contributed by atoms with E-state index in [1.165, 1.54) is 0 Å². The number of aliphatic hydroxyl groups is 4. The van der Waals surface area contributed by atoms with Gasteiger partial charge in [0.2, 0.25) is 5.91 Å². The van der Waals surface area contributed by atoms with Crippen LogP contribution in [-0.2, 0) is 43.1 Å². The Labute approximate surface area is 333 Å². The van der Waals surface area contributed by atoms with Crippen molar-refractivity contribution in [2.75, 3.05) is 63.5 Å². The van der Waals surface area contributed by atoms with Crippen LogP contribution >= 0.6 is 0 Å². The average molecular weight is 795 g/mol. The summed E-state index contributed by atoms with van der Waals surface area (Å²) in [5.41, 5.74) is 10.4. The molecule has 8 N–H and O–H groups in total. The molecule has 2 aromatic rings. The number of anilines is 2. The molecule has 0 radical (unpaired) electrons. The van der Waals surface area contributed by atoms with Crippen molar-refractivity contribution >= 4 is 29.3 Å². The van der Waals surface area contributed by atoms with Crippen LogP contribution in [0.25, 0.3) is 0 Å². The zero-order valence-corrected chi connectivity index (χ0v) is 32.4. The normalized spacial score (nSPS) is 27.2. The number of hydrogen-bond donors (Lipinski definition) is 7. The second-order valence-electron chi connectivity index (χ2n) is 16.1. The monoisotopic (exact) mass is 794 g/mol. The molecule has 0 aromatic heterocycles. The van der Waals surface area contributed by atoms with Crippen LogP contribution in [0.15, 0.2) is 42.5 Å². The zero-order chi connectivity index (χ0) is 40.1. The number of rotatable bonds is 12. The summed E-state index contributed by atoms with van der Waals surface area (Å²) in [6.07, 6.45) is -2.54. The number of fused-ring (bicyclic) bond motifs is 1. The molecule has 0 spiro atoms. The molecule has 312 valence electrons. The Morgan fingerprint density at radius 1 is 0.912 bits per heavy atom. The molecule has 0 aliphatic carbocycles. The van der Waals surface area contributed by atoms with Gasteiger partial charge in [0.25, 0.3) is 5.91 Å². The third kappa shape index (κ3) is 10.1. The Kier molecular flexibility index (Phi) is 13.6. The Hall–Kier alpha value is -3.87. The topological polar surface area (TPSA) is 220 Å². The van der Waals surface area contributed by atoms with E-state index in [-0.39, 0.29) is 42.8 Å². The van der Waals surface area contributed by atoms with E-state index in [0.717, 1.165) is 79.8 Å². The molecule has 5 aliphatic heterocycles. The molecular weight excluding hydrogens is 736 g/mol. The lowest BCUT2D eigenvalue weighted by molar-refractivity contribution is -0.313. The quantitative estimate of drug-likeness (QED) is 0.145. The minimum Gasteiger partial charge on any atom is -0.436 e. The lowest BCUT2D eigenvalue weighted by Crippen LogP contribution is -2.60. The number of aliphatic hydroxyl groups excluding tert-OH is 4. The first-order chi connectivity index (χ1) is 27.6. The first-order valence-electron chi connectivity index (χ1n) is 20.5. The molecule has 16 heteroatoms. The number of benzene rings is 2. The SMILES string of the molecule is Nc1ccccc1CCNC1CCN(C(=O)O[C@H](Cc2ccc3c(c2)CC(=O)N3)C(=O)N2CCC(N3CCC(O[C@H]4OC(CO)[C@@H](O)C(O)C4O)CC3)CC2)CC1. The highest BCUT2D eigenvalue weighted by Crippen LogP contribution is 2.29. The van der Waals surface area contributed by atoms with Crippen molar-refractivity contribution in [2.24, 2.45) is 0 Å². The summed E-state index contributed by atoms with van der Waals surface area (Å²) < 4.78 is 17.6. The number of carbonyl (C=O) groups is 3. The summed E-state index contributed by atoms with van der Waals surface area (Å²) >= 11 is 0. The Balaban J connectivity index is 0.904. The number of para-hydroxylation sites is 1. The first kappa shape index (κ1) is 41.3. The van der Waals surface area contributed by atoms with Gasteiger partial charge in [-0.15, -0.1) is 0 Å². The molecule has 57 heavy (non-hydrogen) atoms. The van der Waals surface area contributed by atoms with Crippen LogP contribution in [0, 0.1) is 0 Å². The number of piperidine rings is 3. The highest BCUT2D eigenvalue weighted by Gasteiger charge is 2.45. The van der Waals surface area contributed by atoms with E-state index < -0.39 is 49.5 Å². The molecule has 4 fully saturated rings. The van der Waals surface area contributed by atoms with Crippen LogP contribution in [0.5, 0.6) is 0 Å². The van der Waals surface area contributed by atoms with E-state index in [0.29, 0.717) is 39.0 Å². The molecule has 16 nitrogen and oxygen atoms in total. The van der Waals surface area contributed by atoms with Crippen molar-refractivity contribution in [2.45, 2.75) is 113 Å². The van der Waals surface area contributed by atoms with Crippen LogP contribution in [0.4, 0.5) is 16.2 Å².